The van der Waals surface area contributed by atoms with Gasteiger partial charge in [-0.1, -0.05) is 0 Å². The molecule has 84 valence electrons. The van der Waals surface area contributed by atoms with Crippen LogP contribution in [-0.4, -0.2) is 21.2 Å². The summed E-state index contributed by atoms with van der Waals surface area (Å²) < 4.78 is 62.5. The predicted molar refractivity (Wildman–Crippen MR) is 37.2 cm³/mol. The summed E-state index contributed by atoms with van der Waals surface area (Å²) in [6, 6.07) is 0. The van der Waals surface area contributed by atoms with Gasteiger partial charge in [-0.2, -0.15) is 18.3 Å². The van der Waals surface area contributed by atoms with E-state index in [0.29, 0.717) is 0 Å². The van der Waals surface area contributed by atoms with Crippen LogP contribution in [0.2, 0.25) is 0 Å². The Labute approximate surface area is 79.9 Å². The van der Waals surface area contributed by atoms with Gasteiger partial charge in [0.15, 0.2) is 5.69 Å². The lowest BCUT2D eigenvalue weighted by Gasteiger charge is -2.14. The number of halogens is 5. The average molecular weight is 228 g/mol. The summed E-state index contributed by atoms with van der Waals surface area (Å²) in [7, 11) is 0. The van der Waals surface area contributed by atoms with Gasteiger partial charge in [0.1, 0.15) is 6.10 Å². The van der Waals surface area contributed by atoms with Crippen molar-refractivity contribution in [3.8, 4) is 0 Å². The summed E-state index contributed by atoms with van der Waals surface area (Å²) in [6.07, 6.45) is -8.24. The second-order valence-electron chi connectivity index (χ2n) is 3.30. The van der Waals surface area contributed by atoms with E-state index in [0.717, 1.165) is 0 Å². The summed E-state index contributed by atoms with van der Waals surface area (Å²) in [5.74, 6) is -3.57. The lowest BCUT2D eigenvalue weighted by Crippen LogP contribution is -2.24. The minimum atomic E-state index is -4.84. The topological polar surface area (TPSA) is 48.9 Å². The smallest absolute Gasteiger partial charge is 0.382 e. The van der Waals surface area contributed by atoms with Gasteiger partial charge in [-0.05, 0) is 0 Å². The molecule has 0 amide bonds. The number of nitrogens with zero attached hydrogens (tertiary/aromatic N) is 1. The first-order valence-electron chi connectivity index (χ1n) is 3.93. The van der Waals surface area contributed by atoms with E-state index in [1.54, 1.807) is 0 Å². The van der Waals surface area contributed by atoms with Crippen molar-refractivity contribution in [2.24, 2.45) is 0 Å². The first-order valence-corrected chi connectivity index (χ1v) is 3.93. The average Bonchev–Trinajstić information content (AvgIpc) is 2.51. The zero-order valence-corrected chi connectivity index (χ0v) is 7.07. The Kier molecular flexibility index (Phi) is 1.85. The van der Waals surface area contributed by atoms with Crippen LogP contribution < -0.4 is 0 Å². The molecule has 0 saturated carbocycles. The van der Waals surface area contributed by atoms with Crippen LogP contribution in [0.25, 0.3) is 0 Å². The molecule has 15 heavy (non-hydrogen) atoms. The number of hydrogen-bond acceptors (Lipinski definition) is 2. The van der Waals surface area contributed by atoms with E-state index < -0.39 is 35.9 Å². The summed E-state index contributed by atoms with van der Waals surface area (Å²) in [5, 5.41) is 13.8. The second kappa shape index (κ2) is 2.69. The largest absolute Gasteiger partial charge is 0.435 e. The van der Waals surface area contributed by atoms with Crippen LogP contribution in [0.15, 0.2) is 0 Å². The molecule has 3 nitrogen and oxygen atoms in total. The third-order valence-corrected chi connectivity index (χ3v) is 2.24. The van der Waals surface area contributed by atoms with Crippen LogP contribution in [0.3, 0.4) is 0 Å². The molecule has 0 saturated heterocycles. The lowest BCUT2D eigenvalue weighted by atomic mass is 10.1. The highest BCUT2D eigenvalue weighted by molar-refractivity contribution is 5.37. The van der Waals surface area contributed by atoms with Gasteiger partial charge in [-0.3, -0.25) is 5.10 Å². The molecule has 0 fully saturated rings. The Bertz CT molecular complexity index is 397. The minimum Gasteiger partial charge on any atom is -0.382 e. The van der Waals surface area contributed by atoms with Crippen molar-refractivity contribution in [2.45, 2.75) is 24.6 Å². The minimum absolute atomic E-state index is 0.361. The van der Waals surface area contributed by atoms with Crippen molar-refractivity contribution < 1.29 is 27.1 Å². The summed E-state index contributed by atoms with van der Waals surface area (Å²) in [6.45, 7) is 0. The van der Waals surface area contributed by atoms with Crippen molar-refractivity contribution in [3.05, 3.63) is 17.0 Å². The first kappa shape index (κ1) is 10.3. The van der Waals surface area contributed by atoms with Gasteiger partial charge >= 0.3 is 6.18 Å². The maximum Gasteiger partial charge on any atom is 0.435 e. The molecule has 2 N–H and O–H groups in total. The van der Waals surface area contributed by atoms with Crippen LogP contribution in [0.1, 0.15) is 23.1 Å². The quantitative estimate of drug-likeness (QED) is 0.663. The van der Waals surface area contributed by atoms with Crippen LogP contribution in [0.4, 0.5) is 22.0 Å². The lowest BCUT2D eigenvalue weighted by molar-refractivity contribution is -0.146. The molecule has 1 aromatic heterocycles. The Morgan fingerprint density at radius 1 is 1.40 bits per heavy atom. The molecule has 0 radical (unpaired) electrons. The van der Waals surface area contributed by atoms with E-state index in [9.17, 15) is 22.0 Å². The maximum atomic E-state index is 12.9. The molecule has 2 rings (SSSR count). The van der Waals surface area contributed by atoms with Gasteiger partial charge in [0, 0.05) is 11.3 Å². The summed E-state index contributed by atoms with van der Waals surface area (Å²) >= 11 is 0. The van der Waals surface area contributed by atoms with Crippen LogP contribution in [0, 0.1) is 0 Å². The van der Waals surface area contributed by atoms with E-state index in [4.69, 9.17) is 5.11 Å². The number of H-pyrrole nitrogens is 1. The fourth-order valence-corrected chi connectivity index (χ4v) is 1.58. The first-order chi connectivity index (χ1) is 6.73. The molecule has 1 aromatic rings. The third kappa shape index (κ3) is 1.39. The maximum absolute atomic E-state index is 12.9. The number of nitrogens with one attached hydrogen (secondary N) is 1. The molecule has 0 aromatic carbocycles. The number of alkyl halides is 5. The van der Waals surface area contributed by atoms with Gasteiger partial charge in [-0.15, -0.1) is 0 Å². The fraction of sp³-hybridized carbons (Fsp3) is 0.571. The molecule has 1 aliphatic carbocycles. The number of aliphatic hydroxyl groups excluding tert-OH is 1. The standard InChI is InChI=1S/C7H5F5N2O/c8-6(9)1-2-3(5(6)15)4(14-13-2)7(10,11)12/h5,15H,1H2,(H,13,14). The molecule has 0 aliphatic heterocycles. The van der Waals surface area contributed by atoms with Crippen molar-refractivity contribution in [3.63, 3.8) is 0 Å². The summed E-state index contributed by atoms with van der Waals surface area (Å²) in [5.41, 5.74) is -2.67. The van der Waals surface area contributed by atoms with E-state index in [1.807, 2.05) is 5.10 Å². The molecule has 8 heteroatoms. The number of aromatic nitrogens is 2. The number of fused-ring (bicyclic) bond motifs is 1. The number of rotatable bonds is 0. The normalized spacial score (nSPS) is 24.3. The SMILES string of the molecule is OC1c2c(C(F)(F)F)n[nH]c2CC1(F)F. The summed E-state index contributed by atoms with van der Waals surface area (Å²) in [4.78, 5) is 0. The Hall–Kier alpha value is -1.18. The van der Waals surface area contributed by atoms with E-state index in [2.05, 4.69) is 5.10 Å². The Morgan fingerprint density at radius 3 is 2.53 bits per heavy atom. The van der Waals surface area contributed by atoms with Crippen LogP contribution in [-0.2, 0) is 12.6 Å². The van der Waals surface area contributed by atoms with Crippen molar-refractivity contribution in [2.75, 3.05) is 0 Å². The van der Waals surface area contributed by atoms with Gasteiger partial charge < -0.3 is 5.11 Å². The molecular weight excluding hydrogens is 223 g/mol. The predicted octanol–water partition coefficient (Wildman–Crippen LogP) is 1.65. The number of aromatic amines is 1. The molecule has 1 unspecified atom stereocenters. The highest BCUT2D eigenvalue weighted by Gasteiger charge is 2.53. The molecule has 1 aliphatic rings. The van der Waals surface area contributed by atoms with Crippen LogP contribution in [0.5, 0.6) is 0 Å². The van der Waals surface area contributed by atoms with Crippen LogP contribution >= 0.6 is 0 Å². The van der Waals surface area contributed by atoms with Gasteiger partial charge in [0.25, 0.3) is 5.92 Å². The zero-order chi connectivity index (χ0) is 11.4. The van der Waals surface area contributed by atoms with Gasteiger partial charge in [0.05, 0.1) is 6.42 Å². The molecule has 0 spiro atoms. The second-order valence-corrected chi connectivity index (χ2v) is 3.30. The monoisotopic (exact) mass is 228 g/mol. The van der Waals surface area contributed by atoms with Gasteiger partial charge in [0.2, 0.25) is 0 Å². The van der Waals surface area contributed by atoms with Crippen molar-refractivity contribution in [1.29, 1.82) is 0 Å². The van der Waals surface area contributed by atoms with Crippen molar-refractivity contribution >= 4 is 0 Å². The molecule has 1 heterocycles. The number of hydrogen-bond donors (Lipinski definition) is 2. The van der Waals surface area contributed by atoms with E-state index in [-0.39, 0.29) is 5.69 Å². The fourth-order valence-electron chi connectivity index (χ4n) is 1.58. The molecule has 0 bridgehead atoms. The Balaban J connectivity index is 2.51. The highest BCUT2D eigenvalue weighted by atomic mass is 19.4. The zero-order valence-electron chi connectivity index (χ0n) is 7.07. The number of aliphatic hydroxyl groups is 1. The van der Waals surface area contributed by atoms with Crippen molar-refractivity contribution in [1.82, 2.24) is 10.2 Å². The van der Waals surface area contributed by atoms with E-state index >= 15 is 0 Å². The highest BCUT2D eigenvalue weighted by Crippen LogP contribution is 2.46. The molecular formula is C7H5F5N2O. The molecule has 1 atom stereocenters. The van der Waals surface area contributed by atoms with Gasteiger partial charge in [-0.25, -0.2) is 8.78 Å². The third-order valence-electron chi connectivity index (χ3n) is 2.24. The Morgan fingerprint density at radius 2 is 2.00 bits per heavy atom. The van der Waals surface area contributed by atoms with E-state index in [1.165, 1.54) is 0 Å².